The molecule has 0 bridgehead atoms. The Morgan fingerprint density at radius 3 is 2.52 bits per heavy atom. The summed E-state index contributed by atoms with van der Waals surface area (Å²) in [7, 11) is 1.59. The van der Waals surface area contributed by atoms with Crippen molar-refractivity contribution in [2.45, 2.75) is 0 Å². The second kappa shape index (κ2) is 9.04. The van der Waals surface area contributed by atoms with Gasteiger partial charge in [0.05, 0.1) is 7.11 Å². The lowest BCUT2D eigenvalue weighted by atomic mass is 10.1. The van der Waals surface area contributed by atoms with Crippen molar-refractivity contribution >= 4 is 23.1 Å². The highest BCUT2D eigenvalue weighted by Gasteiger charge is 2.09. The van der Waals surface area contributed by atoms with E-state index in [-0.39, 0.29) is 11.7 Å². The largest absolute Gasteiger partial charge is 0.497 e. The Morgan fingerprint density at radius 1 is 0.935 bits per heavy atom. The van der Waals surface area contributed by atoms with E-state index in [4.69, 9.17) is 4.74 Å². The molecule has 0 fully saturated rings. The number of aromatic nitrogens is 2. The van der Waals surface area contributed by atoms with E-state index in [1.807, 2.05) is 6.07 Å². The molecule has 0 saturated carbocycles. The zero-order chi connectivity index (χ0) is 21.6. The average Bonchev–Trinajstić information content (AvgIpc) is 2.80. The molecule has 0 saturated heterocycles. The van der Waals surface area contributed by atoms with Crippen LogP contribution < -0.4 is 15.4 Å². The molecule has 0 aliphatic heterocycles. The van der Waals surface area contributed by atoms with Gasteiger partial charge in [-0.05, 0) is 60.7 Å². The van der Waals surface area contributed by atoms with Crippen molar-refractivity contribution in [2.24, 2.45) is 0 Å². The standard InChI is InChI=1S/C24H19FN4O2/c1-31-21-10-8-19(9-11-21)28-24(30)17-5-3-7-20(15-17)27-22-12-13-26-23(29-22)16-4-2-6-18(25)14-16/h2-15H,1H3,(H,28,30)(H,26,27,29). The molecular weight excluding hydrogens is 395 g/mol. The topological polar surface area (TPSA) is 76.1 Å². The van der Waals surface area contributed by atoms with Crippen LogP contribution in [0.2, 0.25) is 0 Å². The molecule has 3 aromatic carbocycles. The average molecular weight is 414 g/mol. The molecule has 0 aliphatic rings. The number of nitrogens with zero attached hydrogens (tertiary/aromatic N) is 2. The molecule has 4 aromatic rings. The Hall–Kier alpha value is -4.26. The van der Waals surface area contributed by atoms with E-state index in [1.54, 1.807) is 74.0 Å². The van der Waals surface area contributed by atoms with Crippen molar-refractivity contribution in [2.75, 3.05) is 17.7 Å². The molecular formula is C24H19FN4O2. The number of rotatable bonds is 6. The summed E-state index contributed by atoms with van der Waals surface area (Å²) in [5.41, 5.74) is 2.42. The first kappa shape index (κ1) is 20.0. The van der Waals surface area contributed by atoms with Gasteiger partial charge in [0.25, 0.3) is 5.91 Å². The number of nitrogens with one attached hydrogen (secondary N) is 2. The highest BCUT2D eigenvalue weighted by Crippen LogP contribution is 2.21. The molecule has 0 spiro atoms. The fraction of sp³-hybridized carbons (Fsp3) is 0.0417. The summed E-state index contributed by atoms with van der Waals surface area (Å²) in [5.74, 6) is 1.05. The summed E-state index contributed by atoms with van der Waals surface area (Å²) in [6.07, 6.45) is 1.59. The Kier molecular flexibility index (Phi) is 5.84. The molecule has 1 amide bonds. The first-order chi connectivity index (χ1) is 15.1. The van der Waals surface area contributed by atoms with Gasteiger partial charge in [0.2, 0.25) is 0 Å². The van der Waals surface area contributed by atoms with Crippen molar-refractivity contribution in [1.82, 2.24) is 9.97 Å². The van der Waals surface area contributed by atoms with Crippen LogP contribution in [0, 0.1) is 5.82 Å². The molecule has 154 valence electrons. The maximum atomic E-state index is 13.5. The van der Waals surface area contributed by atoms with E-state index >= 15 is 0 Å². The second-order valence-electron chi connectivity index (χ2n) is 6.66. The minimum absolute atomic E-state index is 0.239. The van der Waals surface area contributed by atoms with E-state index in [0.717, 1.165) is 0 Å². The number of amides is 1. The number of carbonyl (C=O) groups excluding carboxylic acids is 1. The predicted octanol–water partition coefficient (Wildman–Crippen LogP) is 5.29. The molecule has 4 rings (SSSR count). The fourth-order valence-electron chi connectivity index (χ4n) is 2.96. The fourth-order valence-corrected chi connectivity index (χ4v) is 2.96. The van der Waals surface area contributed by atoms with Gasteiger partial charge in [-0.25, -0.2) is 14.4 Å². The molecule has 0 aliphatic carbocycles. The number of hydrogen-bond donors (Lipinski definition) is 2. The summed E-state index contributed by atoms with van der Waals surface area (Å²) in [4.78, 5) is 21.3. The summed E-state index contributed by atoms with van der Waals surface area (Å²) in [6, 6.07) is 22.0. The van der Waals surface area contributed by atoms with Crippen molar-refractivity contribution < 1.29 is 13.9 Å². The highest BCUT2D eigenvalue weighted by atomic mass is 19.1. The van der Waals surface area contributed by atoms with Gasteiger partial charge in [0.15, 0.2) is 5.82 Å². The number of anilines is 3. The molecule has 1 heterocycles. The van der Waals surface area contributed by atoms with E-state index < -0.39 is 0 Å². The van der Waals surface area contributed by atoms with Gasteiger partial charge < -0.3 is 15.4 Å². The van der Waals surface area contributed by atoms with Gasteiger partial charge in [0.1, 0.15) is 17.4 Å². The minimum Gasteiger partial charge on any atom is -0.497 e. The van der Waals surface area contributed by atoms with Crippen LogP contribution in [0.1, 0.15) is 10.4 Å². The lowest BCUT2D eigenvalue weighted by Crippen LogP contribution is -2.12. The maximum absolute atomic E-state index is 13.5. The first-order valence-electron chi connectivity index (χ1n) is 9.52. The summed E-state index contributed by atoms with van der Waals surface area (Å²) >= 11 is 0. The van der Waals surface area contributed by atoms with Crippen LogP contribution in [0.5, 0.6) is 5.75 Å². The maximum Gasteiger partial charge on any atom is 0.255 e. The number of carbonyl (C=O) groups is 1. The van der Waals surface area contributed by atoms with Gasteiger partial charge in [-0.3, -0.25) is 4.79 Å². The van der Waals surface area contributed by atoms with E-state index in [9.17, 15) is 9.18 Å². The number of halogens is 1. The Balaban J connectivity index is 1.49. The van der Waals surface area contributed by atoms with Crippen LogP contribution in [-0.4, -0.2) is 23.0 Å². The Labute approximate surface area is 178 Å². The van der Waals surface area contributed by atoms with Crippen LogP contribution in [0.4, 0.5) is 21.6 Å². The van der Waals surface area contributed by atoms with Crippen LogP contribution in [-0.2, 0) is 0 Å². The number of methoxy groups -OCH3 is 1. The third-order valence-corrected chi connectivity index (χ3v) is 4.48. The molecule has 31 heavy (non-hydrogen) atoms. The lowest BCUT2D eigenvalue weighted by molar-refractivity contribution is 0.102. The zero-order valence-electron chi connectivity index (χ0n) is 16.7. The number of ether oxygens (including phenoxy) is 1. The first-order valence-corrected chi connectivity index (χ1v) is 9.52. The molecule has 1 aromatic heterocycles. The van der Waals surface area contributed by atoms with Gasteiger partial charge in [-0.1, -0.05) is 18.2 Å². The van der Waals surface area contributed by atoms with Crippen LogP contribution in [0.25, 0.3) is 11.4 Å². The molecule has 2 N–H and O–H groups in total. The highest BCUT2D eigenvalue weighted by molar-refractivity contribution is 6.04. The van der Waals surface area contributed by atoms with Crippen LogP contribution in [0.15, 0.2) is 85.1 Å². The minimum atomic E-state index is -0.352. The molecule has 7 heteroatoms. The molecule has 0 radical (unpaired) electrons. The Bertz CT molecular complexity index is 1210. The number of hydrogen-bond acceptors (Lipinski definition) is 5. The van der Waals surface area contributed by atoms with Gasteiger partial charge in [-0.15, -0.1) is 0 Å². The lowest BCUT2D eigenvalue weighted by Gasteiger charge is -2.10. The third-order valence-electron chi connectivity index (χ3n) is 4.48. The monoisotopic (exact) mass is 414 g/mol. The van der Waals surface area contributed by atoms with Crippen molar-refractivity contribution in [3.05, 3.63) is 96.4 Å². The zero-order valence-corrected chi connectivity index (χ0v) is 16.7. The van der Waals surface area contributed by atoms with Gasteiger partial charge in [0, 0.05) is 28.7 Å². The van der Waals surface area contributed by atoms with E-state index in [0.29, 0.717) is 39.9 Å². The number of benzene rings is 3. The van der Waals surface area contributed by atoms with Crippen LogP contribution >= 0.6 is 0 Å². The van der Waals surface area contributed by atoms with Gasteiger partial charge in [-0.2, -0.15) is 0 Å². The van der Waals surface area contributed by atoms with Crippen molar-refractivity contribution in [3.8, 4) is 17.1 Å². The molecule has 0 atom stereocenters. The van der Waals surface area contributed by atoms with Crippen molar-refractivity contribution in [1.29, 1.82) is 0 Å². The van der Waals surface area contributed by atoms with E-state index in [1.165, 1.54) is 12.1 Å². The second-order valence-corrected chi connectivity index (χ2v) is 6.66. The quantitative estimate of drug-likeness (QED) is 0.449. The molecule has 0 unspecified atom stereocenters. The Morgan fingerprint density at radius 2 is 1.74 bits per heavy atom. The normalized spacial score (nSPS) is 10.4. The van der Waals surface area contributed by atoms with Crippen molar-refractivity contribution in [3.63, 3.8) is 0 Å². The summed E-state index contributed by atoms with van der Waals surface area (Å²) < 4.78 is 18.6. The van der Waals surface area contributed by atoms with Crippen LogP contribution in [0.3, 0.4) is 0 Å². The predicted molar refractivity (Wildman–Crippen MR) is 118 cm³/mol. The van der Waals surface area contributed by atoms with Gasteiger partial charge >= 0.3 is 0 Å². The smallest absolute Gasteiger partial charge is 0.255 e. The third kappa shape index (κ3) is 5.02. The molecule has 6 nitrogen and oxygen atoms in total. The summed E-state index contributed by atoms with van der Waals surface area (Å²) in [6.45, 7) is 0. The SMILES string of the molecule is COc1ccc(NC(=O)c2cccc(Nc3ccnc(-c4cccc(F)c4)n3)c2)cc1. The summed E-state index contributed by atoms with van der Waals surface area (Å²) in [5, 5.41) is 6.01. The van der Waals surface area contributed by atoms with E-state index in [2.05, 4.69) is 20.6 Å².